The quantitative estimate of drug-likeness (QED) is 0.886. The van der Waals surface area contributed by atoms with Crippen molar-refractivity contribution < 1.29 is 14.0 Å². The van der Waals surface area contributed by atoms with Gasteiger partial charge in [0.15, 0.2) is 0 Å². The number of carbonyl (C=O) groups excluding carboxylic acids is 2. The van der Waals surface area contributed by atoms with Crippen LogP contribution in [0.15, 0.2) is 28.7 Å². The number of urea groups is 1. The van der Waals surface area contributed by atoms with Gasteiger partial charge in [0.05, 0.1) is 0 Å². The van der Waals surface area contributed by atoms with Gasteiger partial charge >= 0.3 is 6.03 Å². The van der Waals surface area contributed by atoms with Gasteiger partial charge < -0.3 is 19.5 Å². The number of hydrogen-bond donors (Lipinski definition) is 1. The van der Waals surface area contributed by atoms with Crippen molar-refractivity contribution in [3.63, 3.8) is 0 Å². The molecule has 27 heavy (non-hydrogen) atoms. The van der Waals surface area contributed by atoms with Crippen molar-refractivity contribution in [2.45, 2.75) is 45.1 Å². The third kappa shape index (κ3) is 3.80. The zero-order valence-corrected chi connectivity index (χ0v) is 16.0. The number of anilines is 1. The zero-order valence-electron chi connectivity index (χ0n) is 16.0. The molecule has 1 atom stereocenters. The van der Waals surface area contributed by atoms with Crippen molar-refractivity contribution in [1.82, 2.24) is 9.80 Å². The summed E-state index contributed by atoms with van der Waals surface area (Å²) in [5.74, 6) is 1.32. The SMILES string of the molecule is Cc1cc2cc(NC(=O)N(C)C[C@@H]3CC(=O)N(C4CCCC4)C3)ccc2o1. The van der Waals surface area contributed by atoms with E-state index in [1.54, 1.807) is 11.9 Å². The Bertz CT molecular complexity index is 853. The zero-order chi connectivity index (χ0) is 19.0. The van der Waals surface area contributed by atoms with Crippen LogP contribution in [0.25, 0.3) is 11.0 Å². The Morgan fingerprint density at radius 2 is 2.07 bits per heavy atom. The first kappa shape index (κ1) is 17.9. The highest BCUT2D eigenvalue weighted by Gasteiger charge is 2.36. The Hall–Kier alpha value is -2.50. The summed E-state index contributed by atoms with van der Waals surface area (Å²) < 4.78 is 5.57. The lowest BCUT2D eigenvalue weighted by atomic mass is 10.1. The fourth-order valence-corrected chi connectivity index (χ4v) is 4.44. The van der Waals surface area contributed by atoms with E-state index in [2.05, 4.69) is 10.2 Å². The van der Waals surface area contributed by atoms with Gasteiger partial charge in [0.1, 0.15) is 11.3 Å². The first-order valence-corrected chi connectivity index (χ1v) is 9.81. The fraction of sp³-hybridized carbons (Fsp3) is 0.524. The van der Waals surface area contributed by atoms with Crippen LogP contribution in [0.3, 0.4) is 0 Å². The fourth-order valence-electron chi connectivity index (χ4n) is 4.44. The molecule has 3 amide bonds. The molecular weight excluding hydrogens is 342 g/mol. The summed E-state index contributed by atoms with van der Waals surface area (Å²) in [4.78, 5) is 28.6. The van der Waals surface area contributed by atoms with Gasteiger partial charge in [0.2, 0.25) is 5.91 Å². The van der Waals surface area contributed by atoms with E-state index >= 15 is 0 Å². The third-order valence-electron chi connectivity index (χ3n) is 5.77. The Morgan fingerprint density at radius 3 is 2.85 bits per heavy atom. The Morgan fingerprint density at radius 1 is 1.30 bits per heavy atom. The average molecular weight is 369 g/mol. The van der Waals surface area contributed by atoms with Crippen LogP contribution in [0.5, 0.6) is 0 Å². The predicted molar refractivity (Wildman–Crippen MR) is 105 cm³/mol. The van der Waals surface area contributed by atoms with Crippen LogP contribution < -0.4 is 5.32 Å². The minimum absolute atomic E-state index is 0.152. The second-order valence-electron chi connectivity index (χ2n) is 7.97. The summed E-state index contributed by atoms with van der Waals surface area (Å²) in [6.45, 7) is 3.28. The monoisotopic (exact) mass is 369 g/mol. The maximum absolute atomic E-state index is 12.6. The van der Waals surface area contributed by atoms with Crippen molar-refractivity contribution in [3.05, 3.63) is 30.0 Å². The molecule has 0 bridgehead atoms. The molecule has 2 aliphatic rings. The van der Waals surface area contributed by atoms with E-state index in [0.717, 1.165) is 41.8 Å². The lowest BCUT2D eigenvalue weighted by molar-refractivity contribution is -0.129. The number of nitrogens with zero attached hydrogens (tertiary/aromatic N) is 2. The molecule has 1 aromatic heterocycles. The van der Waals surface area contributed by atoms with Gasteiger partial charge in [-0.3, -0.25) is 4.79 Å². The largest absolute Gasteiger partial charge is 0.461 e. The topological polar surface area (TPSA) is 65.8 Å². The summed E-state index contributed by atoms with van der Waals surface area (Å²) >= 11 is 0. The number of hydrogen-bond acceptors (Lipinski definition) is 3. The standard InChI is InChI=1S/C21H27N3O3/c1-14-9-16-11-17(7-8-19(16)27-14)22-21(26)23(2)12-15-10-20(25)24(13-15)18-5-3-4-6-18/h7-9,11,15,18H,3-6,10,12-13H2,1-2H3,(H,22,26)/t15-/m0/s1. The first-order valence-electron chi connectivity index (χ1n) is 9.81. The molecule has 1 N–H and O–H groups in total. The molecule has 2 aromatic rings. The number of furan rings is 1. The molecule has 6 nitrogen and oxygen atoms in total. The molecule has 144 valence electrons. The molecule has 4 rings (SSSR count). The van der Waals surface area contributed by atoms with Crippen LogP contribution in [0.1, 0.15) is 37.9 Å². The normalized spacial score (nSPS) is 20.6. The highest BCUT2D eigenvalue weighted by atomic mass is 16.3. The number of likely N-dealkylation sites (tertiary alicyclic amines) is 1. The average Bonchev–Trinajstić information content (AvgIpc) is 3.33. The Balaban J connectivity index is 1.34. The van der Waals surface area contributed by atoms with Gasteiger partial charge in [-0.15, -0.1) is 0 Å². The van der Waals surface area contributed by atoms with Crippen molar-refractivity contribution in [2.75, 3.05) is 25.5 Å². The number of carbonyl (C=O) groups is 2. The highest BCUT2D eigenvalue weighted by molar-refractivity contribution is 5.92. The van der Waals surface area contributed by atoms with Crippen molar-refractivity contribution >= 4 is 28.6 Å². The molecule has 0 spiro atoms. The molecule has 1 aliphatic carbocycles. The van der Waals surface area contributed by atoms with Gasteiger partial charge in [-0.1, -0.05) is 12.8 Å². The lowest BCUT2D eigenvalue weighted by Crippen LogP contribution is -2.37. The summed E-state index contributed by atoms with van der Waals surface area (Å²) in [5.41, 5.74) is 1.56. The van der Waals surface area contributed by atoms with Gasteiger partial charge in [0.25, 0.3) is 0 Å². The molecule has 2 fully saturated rings. The van der Waals surface area contributed by atoms with Crippen molar-refractivity contribution in [3.8, 4) is 0 Å². The number of aryl methyl sites for hydroxylation is 1. The Labute approximate surface area is 159 Å². The van der Waals surface area contributed by atoms with E-state index in [0.29, 0.717) is 19.0 Å². The van der Waals surface area contributed by atoms with Crippen LogP contribution in [-0.2, 0) is 4.79 Å². The van der Waals surface area contributed by atoms with E-state index < -0.39 is 0 Å². The van der Waals surface area contributed by atoms with Crippen molar-refractivity contribution in [2.24, 2.45) is 5.92 Å². The first-order chi connectivity index (χ1) is 13.0. The molecular formula is C21H27N3O3. The van der Waals surface area contributed by atoms with E-state index in [4.69, 9.17) is 4.42 Å². The van der Waals surface area contributed by atoms with Gasteiger partial charge in [0, 0.05) is 49.6 Å². The maximum atomic E-state index is 12.6. The minimum atomic E-state index is -0.152. The molecule has 1 saturated heterocycles. The number of amides is 3. The van der Waals surface area contributed by atoms with Crippen molar-refractivity contribution in [1.29, 1.82) is 0 Å². The van der Waals surface area contributed by atoms with E-state index in [1.165, 1.54) is 12.8 Å². The van der Waals surface area contributed by atoms with Gasteiger partial charge in [-0.25, -0.2) is 4.79 Å². The predicted octanol–water partition coefficient (Wildman–Crippen LogP) is 4.00. The maximum Gasteiger partial charge on any atom is 0.321 e. The number of fused-ring (bicyclic) bond motifs is 1. The summed E-state index contributed by atoms with van der Waals surface area (Å²) in [5, 5.41) is 3.92. The summed E-state index contributed by atoms with van der Waals surface area (Å²) in [6.07, 6.45) is 5.26. The smallest absolute Gasteiger partial charge is 0.321 e. The van der Waals surface area contributed by atoms with E-state index in [-0.39, 0.29) is 17.9 Å². The second kappa shape index (κ2) is 7.25. The summed E-state index contributed by atoms with van der Waals surface area (Å²) in [6, 6.07) is 7.85. The van der Waals surface area contributed by atoms with Crippen LogP contribution in [0.4, 0.5) is 10.5 Å². The Kier molecular flexibility index (Phi) is 4.81. The number of nitrogens with one attached hydrogen (secondary N) is 1. The van der Waals surface area contributed by atoms with Crippen LogP contribution in [0.2, 0.25) is 0 Å². The molecule has 1 saturated carbocycles. The highest BCUT2D eigenvalue weighted by Crippen LogP contribution is 2.30. The summed E-state index contributed by atoms with van der Waals surface area (Å²) in [7, 11) is 1.79. The van der Waals surface area contributed by atoms with Gasteiger partial charge in [-0.2, -0.15) is 0 Å². The molecule has 1 aromatic carbocycles. The van der Waals surface area contributed by atoms with Crippen LogP contribution >= 0.6 is 0 Å². The second-order valence-corrected chi connectivity index (χ2v) is 7.97. The van der Waals surface area contributed by atoms with Gasteiger partial charge in [-0.05, 0) is 44.0 Å². The minimum Gasteiger partial charge on any atom is -0.461 e. The molecule has 2 heterocycles. The third-order valence-corrected chi connectivity index (χ3v) is 5.77. The number of benzene rings is 1. The van der Waals surface area contributed by atoms with Crippen LogP contribution in [0, 0.1) is 12.8 Å². The molecule has 6 heteroatoms. The lowest BCUT2D eigenvalue weighted by Gasteiger charge is -2.25. The number of rotatable bonds is 4. The van der Waals surface area contributed by atoms with E-state index in [1.807, 2.05) is 31.2 Å². The molecule has 0 radical (unpaired) electrons. The molecule has 0 unspecified atom stereocenters. The molecule has 1 aliphatic heterocycles. The van der Waals surface area contributed by atoms with E-state index in [9.17, 15) is 9.59 Å². The van der Waals surface area contributed by atoms with Crippen LogP contribution in [-0.4, -0.2) is 47.9 Å².